The number of aromatic nitrogens is 3. The minimum Gasteiger partial charge on any atom is -0.497 e. The van der Waals surface area contributed by atoms with Gasteiger partial charge < -0.3 is 13.9 Å². The smallest absolute Gasteiger partial charge is 0.276 e. The number of methoxy groups -OCH3 is 1. The molecule has 0 spiro atoms. The Morgan fingerprint density at radius 1 is 1.09 bits per heavy atom. The molecule has 0 fully saturated rings. The predicted molar refractivity (Wildman–Crippen MR) is 86.7 cm³/mol. The number of ether oxygens (including phenoxy) is 2. The first-order valence-electron chi connectivity index (χ1n) is 6.99. The molecule has 3 aromatic rings. The molecule has 3 rings (SSSR count). The molecular weight excluding hydrogens is 314 g/mol. The Morgan fingerprint density at radius 2 is 1.91 bits per heavy atom. The molecule has 0 unspecified atom stereocenters. The van der Waals surface area contributed by atoms with Crippen LogP contribution < -0.4 is 9.47 Å². The van der Waals surface area contributed by atoms with Gasteiger partial charge in [0, 0.05) is 18.1 Å². The Bertz CT molecular complexity index is 732. The highest BCUT2D eigenvalue weighted by Gasteiger charge is 2.08. The molecule has 0 aliphatic heterocycles. The highest BCUT2D eigenvalue weighted by molar-refractivity contribution is 7.99. The molecule has 1 aromatic carbocycles. The topological polar surface area (TPSA) is 70.3 Å². The minimum absolute atomic E-state index is 0.469. The van der Waals surface area contributed by atoms with Gasteiger partial charge in [0.1, 0.15) is 11.5 Å². The number of nitrogens with zero attached hydrogens (tertiary/aromatic N) is 3. The van der Waals surface area contributed by atoms with E-state index >= 15 is 0 Å². The molecule has 0 atom stereocenters. The summed E-state index contributed by atoms with van der Waals surface area (Å²) in [5, 5.41) is 8.53. The maximum atomic E-state index is 5.64. The van der Waals surface area contributed by atoms with Crippen LogP contribution in [0.5, 0.6) is 11.5 Å². The van der Waals surface area contributed by atoms with Crippen molar-refractivity contribution in [3.8, 4) is 23.0 Å². The molecule has 0 radical (unpaired) electrons. The summed E-state index contributed by atoms with van der Waals surface area (Å²) in [4.78, 5) is 4.03. The maximum absolute atomic E-state index is 5.64. The lowest BCUT2D eigenvalue weighted by Gasteiger charge is -2.05. The largest absolute Gasteiger partial charge is 0.497 e. The molecule has 6 nitrogen and oxygen atoms in total. The number of pyridine rings is 1. The van der Waals surface area contributed by atoms with Crippen molar-refractivity contribution in [3.05, 3.63) is 48.8 Å². The van der Waals surface area contributed by atoms with E-state index in [4.69, 9.17) is 13.9 Å². The number of benzene rings is 1. The number of rotatable bonds is 7. The summed E-state index contributed by atoms with van der Waals surface area (Å²) in [5.41, 5.74) is 0.807. The van der Waals surface area contributed by atoms with E-state index in [1.54, 1.807) is 19.5 Å². The van der Waals surface area contributed by atoms with E-state index in [2.05, 4.69) is 15.2 Å². The van der Waals surface area contributed by atoms with E-state index in [-0.39, 0.29) is 0 Å². The zero-order valence-corrected chi connectivity index (χ0v) is 13.3. The van der Waals surface area contributed by atoms with Crippen molar-refractivity contribution < 1.29 is 13.9 Å². The van der Waals surface area contributed by atoms with Gasteiger partial charge in [-0.3, -0.25) is 4.98 Å². The second-order valence-electron chi connectivity index (χ2n) is 4.49. The summed E-state index contributed by atoms with van der Waals surface area (Å²) >= 11 is 1.45. The van der Waals surface area contributed by atoms with Crippen molar-refractivity contribution in [3.63, 3.8) is 0 Å². The van der Waals surface area contributed by atoms with Gasteiger partial charge in [0.15, 0.2) is 0 Å². The van der Waals surface area contributed by atoms with Crippen LogP contribution in [0.1, 0.15) is 0 Å². The van der Waals surface area contributed by atoms with Gasteiger partial charge in [-0.25, -0.2) is 0 Å². The van der Waals surface area contributed by atoms with Crippen molar-refractivity contribution in [1.29, 1.82) is 0 Å². The fourth-order valence-electron chi connectivity index (χ4n) is 1.83. The zero-order chi connectivity index (χ0) is 15.9. The van der Waals surface area contributed by atoms with Crippen LogP contribution in [0.2, 0.25) is 0 Å². The molecule has 0 aliphatic carbocycles. The van der Waals surface area contributed by atoms with Crippen molar-refractivity contribution >= 4 is 11.8 Å². The molecular formula is C16H15N3O3S. The summed E-state index contributed by atoms with van der Waals surface area (Å²) < 4.78 is 16.3. The van der Waals surface area contributed by atoms with Crippen LogP contribution >= 0.6 is 11.8 Å². The van der Waals surface area contributed by atoms with Gasteiger partial charge in [-0.2, -0.15) is 0 Å². The van der Waals surface area contributed by atoms with Crippen molar-refractivity contribution in [2.75, 3.05) is 19.5 Å². The average molecular weight is 329 g/mol. The van der Waals surface area contributed by atoms with Crippen LogP contribution in [0.4, 0.5) is 0 Å². The van der Waals surface area contributed by atoms with Gasteiger partial charge >= 0.3 is 0 Å². The third-order valence-corrected chi connectivity index (χ3v) is 3.73. The van der Waals surface area contributed by atoms with Gasteiger partial charge in [0.2, 0.25) is 5.89 Å². The molecule has 2 aromatic heterocycles. The van der Waals surface area contributed by atoms with E-state index in [9.17, 15) is 0 Å². The zero-order valence-electron chi connectivity index (χ0n) is 12.5. The first-order chi connectivity index (χ1) is 11.3. The van der Waals surface area contributed by atoms with Gasteiger partial charge in [-0.1, -0.05) is 11.8 Å². The van der Waals surface area contributed by atoms with Gasteiger partial charge in [0.05, 0.1) is 19.3 Å². The van der Waals surface area contributed by atoms with Crippen LogP contribution in [-0.4, -0.2) is 34.7 Å². The van der Waals surface area contributed by atoms with Gasteiger partial charge in [-0.05, 0) is 36.4 Å². The molecule has 0 N–H and O–H groups in total. The molecule has 0 saturated heterocycles. The Morgan fingerprint density at radius 3 is 2.65 bits per heavy atom. The Hall–Kier alpha value is -2.54. The Kier molecular flexibility index (Phi) is 5.10. The first-order valence-corrected chi connectivity index (χ1v) is 7.97. The first kappa shape index (κ1) is 15.4. The van der Waals surface area contributed by atoms with E-state index in [0.29, 0.717) is 23.5 Å². The Balaban J connectivity index is 1.46. The third kappa shape index (κ3) is 4.23. The fourth-order valence-corrected chi connectivity index (χ4v) is 2.41. The molecule has 0 aliphatic rings. The highest BCUT2D eigenvalue weighted by atomic mass is 32.2. The summed E-state index contributed by atoms with van der Waals surface area (Å²) in [6.07, 6.45) is 3.39. The molecule has 0 amide bonds. The summed E-state index contributed by atoms with van der Waals surface area (Å²) in [5.74, 6) is 2.78. The summed E-state index contributed by atoms with van der Waals surface area (Å²) in [6.45, 7) is 0.543. The van der Waals surface area contributed by atoms with Crippen molar-refractivity contribution in [1.82, 2.24) is 15.2 Å². The van der Waals surface area contributed by atoms with Gasteiger partial charge in [0.25, 0.3) is 5.22 Å². The number of hydrogen-bond donors (Lipinski definition) is 0. The molecule has 0 saturated carbocycles. The lowest BCUT2D eigenvalue weighted by molar-refractivity contribution is 0.342. The van der Waals surface area contributed by atoms with Crippen LogP contribution in [0, 0.1) is 0 Å². The van der Waals surface area contributed by atoms with Crippen molar-refractivity contribution in [2.24, 2.45) is 0 Å². The Labute approximate surface area is 137 Å². The van der Waals surface area contributed by atoms with E-state index < -0.39 is 0 Å². The van der Waals surface area contributed by atoms with Crippen LogP contribution in [-0.2, 0) is 0 Å². The van der Waals surface area contributed by atoms with E-state index in [1.165, 1.54) is 11.8 Å². The third-order valence-electron chi connectivity index (χ3n) is 2.95. The predicted octanol–water partition coefficient (Wildman–Crippen LogP) is 3.31. The second-order valence-corrected chi connectivity index (χ2v) is 5.53. The quantitative estimate of drug-likeness (QED) is 0.486. The lowest BCUT2D eigenvalue weighted by atomic mass is 10.3. The lowest BCUT2D eigenvalue weighted by Crippen LogP contribution is -1.99. The molecule has 7 heteroatoms. The maximum Gasteiger partial charge on any atom is 0.276 e. The monoisotopic (exact) mass is 329 g/mol. The van der Waals surface area contributed by atoms with Gasteiger partial charge in [-0.15, -0.1) is 10.2 Å². The standard InChI is InChI=1S/C16H15N3O3S/c1-20-13-4-6-14(7-5-13)21-9-10-23-16-19-18-15(22-16)12-3-2-8-17-11-12/h2-8,11H,9-10H2,1H3. The molecule has 2 heterocycles. The number of thioether (sulfide) groups is 1. The normalized spacial score (nSPS) is 10.5. The van der Waals surface area contributed by atoms with Crippen molar-refractivity contribution in [2.45, 2.75) is 5.22 Å². The molecule has 23 heavy (non-hydrogen) atoms. The SMILES string of the molecule is COc1ccc(OCCSc2nnc(-c3cccnc3)o2)cc1. The van der Waals surface area contributed by atoms with Crippen LogP contribution in [0.15, 0.2) is 58.4 Å². The van der Waals surface area contributed by atoms with Crippen LogP contribution in [0.25, 0.3) is 11.5 Å². The fraction of sp³-hybridized carbons (Fsp3) is 0.188. The number of hydrogen-bond acceptors (Lipinski definition) is 7. The van der Waals surface area contributed by atoms with E-state index in [0.717, 1.165) is 17.1 Å². The minimum atomic E-state index is 0.469. The molecule has 0 bridgehead atoms. The summed E-state index contributed by atoms with van der Waals surface area (Å²) in [6, 6.07) is 11.2. The van der Waals surface area contributed by atoms with E-state index in [1.807, 2.05) is 36.4 Å². The molecule has 118 valence electrons. The average Bonchev–Trinajstić information content (AvgIpc) is 3.09. The summed E-state index contributed by atoms with van der Waals surface area (Å²) in [7, 11) is 1.64. The second kappa shape index (κ2) is 7.64. The highest BCUT2D eigenvalue weighted by Crippen LogP contribution is 2.22. The van der Waals surface area contributed by atoms with Crippen LogP contribution in [0.3, 0.4) is 0 Å².